The normalized spacial score (nSPS) is 11.8. The van der Waals surface area contributed by atoms with Gasteiger partial charge in [0, 0.05) is 24.4 Å². The average molecular weight is 410 g/mol. The van der Waals surface area contributed by atoms with Gasteiger partial charge in [0.15, 0.2) is 11.9 Å². The summed E-state index contributed by atoms with van der Waals surface area (Å²) in [6.07, 6.45) is 2.73. The molecule has 0 radical (unpaired) electrons. The van der Waals surface area contributed by atoms with Crippen LogP contribution in [0.1, 0.15) is 12.5 Å². The fourth-order valence-corrected chi connectivity index (χ4v) is 2.29. The lowest BCUT2D eigenvalue weighted by Gasteiger charge is -2.12. The highest BCUT2D eigenvalue weighted by molar-refractivity contribution is 6.36. The zero-order chi connectivity index (χ0) is 20.0. The van der Waals surface area contributed by atoms with E-state index in [0.717, 1.165) is 6.08 Å². The summed E-state index contributed by atoms with van der Waals surface area (Å²) < 4.78 is 4.99. The van der Waals surface area contributed by atoms with Crippen molar-refractivity contribution in [1.82, 2.24) is 4.98 Å². The van der Waals surface area contributed by atoms with E-state index < -0.39 is 22.9 Å². The number of aromatic nitrogens is 1. The van der Waals surface area contributed by atoms with Gasteiger partial charge in [-0.05, 0) is 36.8 Å². The molecule has 10 heteroatoms. The molecule has 1 atom stereocenters. The number of hydrogen-bond acceptors (Lipinski definition) is 6. The number of halogens is 2. The van der Waals surface area contributed by atoms with Crippen molar-refractivity contribution in [3.05, 3.63) is 68.3 Å². The number of nitro benzene ring substituents is 1. The van der Waals surface area contributed by atoms with E-state index in [1.165, 1.54) is 49.5 Å². The topological polar surface area (TPSA) is 111 Å². The minimum absolute atomic E-state index is 0.0607. The van der Waals surface area contributed by atoms with Crippen molar-refractivity contribution in [2.45, 2.75) is 13.0 Å². The summed E-state index contributed by atoms with van der Waals surface area (Å²) in [5.41, 5.74) is 0.501. The molecule has 2 rings (SSSR count). The van der Waals surface area contributed by atoms with Crippen molar-refractivity contribution >= 4 is 52.7 Å². The molecule has 1 amide bonds. The third-order valence-electron chi connectivity index (χ3n) is 3.23. The zero-order valence-electron chi connectivity index (χ0n) is 13.9. The van der Waals surface area contributed by atoms with Crippen molar-refractivity contribution < 1.29 is 19.2 Å². The van der Waals surface area contributed by atoms with Gasteiger partial charge in [-0.2, -0.15) is 0 Å². The highest BCUT2D eigenvalue weighted by Crippen LogP contribution is 2.22. The number of carbonyl (C=O) groups is 2. The summed E-state index contributed by atoms with van der Waals surface area (Å²) in [4.78, 5) is 37.8. The smallest absolute Gasteiger partial charge is 0.331 e. The number of rotatable bonds is 6. The van der Waals surface area contributed by atoms with Gasteiger partial charge in [0.1, 0.15) is 0 Å². The fraction of sp³-hybridized carbons (Fsp3) is 0.118. The molecule has 0 bridgehead atoms. The van der Waals surface area contributed by atoms with E-state index in [0.29, 0.717) is 10.6 Å². The van der Waals surface area contributed by atoms with E-state index in [4.69, 9.17) is 27.9 Å². The molecule has 2 aromatic rings. The lowest BCUT2D eigenvalue weighted by atomic mass is 10.2. The summed E-state index contributed by atoms with van der Waals surface area (Å²) in [5, 5.41) is 13.5. The summed E-state index contributed by atoms with van der Waals surface area (Å²) in [5.74, 6) is -1.29. The van der Waals surface area contributed by atoms with Crippen LogP contribution in [0.4, 0.5) is 11.5 Å². The van der Waals surface area contributed by atoms with Gasteiger partial charge < -0.3 is 10.1 Å². The number of esters is 1. The van der Waals surface area contributed by atoms with Crippen LogP contribution in [-0.2, 0) is 14.3 Å². The number of nitro groups is 1. The van der Waals surface area contributed by atoms with Crippen LogP contribution in [0.3, 0.4) is 0 Å². The first-order chi connectivity index (χ1) is 12.8. The molecule has 0 saturated carbocycles. The molecular formula is C17H13Cl2N3O5. The summed E-state index contributed by atoms with van der Waals surface area (Å²) in [6.45, 7) is 1.39. The Morgan fingerprint density at radius 2 is 1.96 bits per heavy atom. The number of nitrogens with one attached hydrogen (secondary N) is 1. The SMILES string of the molecule is C[C@@H](OC(=O)/C=C/c1ccc([N+](=O)[O-])cc1)C(=O)Nc1ncc(Cl)cc1Cl. The summed E-state index contributed by atoms with van der Waals surface area (Å²) in [6, 6.07) is 6.99. The van der Waals surface area contributed by atoms with Crippen LogP contribution in [0, 0.1) is 10.1 Å². The number of amides is 1. The lowest BCUT2D eigenvalue weighted by Crippen LogP contribution is -2.29. The predicted octanol–water partition coefficient (Wildman–Crippen LogP) is 3.88. The van der Waals surface area contributed by atoms with Gasteiger partial charge in [0.25, 0.3) is 11.6 Å². The number of benzene rings is 1. The van der Waals surface area contributed by atoms with E-state index >= 15 is 0 Å². The van der Waals surface area contributed by atoms with Crippen molar-refractivity contribution in [2.75, 3.05) is 5.32 Å². The molecule has 0 saturated heterocycles. The maximum absolute atomic E-state index is 12.1. The van der Waals surface area contributed by atoms with Gasteiger partial charge in [0.05, 0.1) is 15.0 Å². The van der Waals surface area contributed by atoms with Gasteiger partial charge in [-0.25, -0.2) is 9.78 Å². The molecule has 0 fully saturated rings. The number of hydrogen-bond donors (Lipinski definition) is 1. The molecule has 1 aromatic heterocycles. The van der Waals surface area contributed by atoms with Crippen molar-refractivity contribution in [1.29, 1.82) is 0 Å². The molecule has 0 aliphatic heterocycles. The van der Waals surface area contributed by atoms with Crippen LogP contribution in [-0.4, -0.2) is 27.9 Å². The second kappa shape index (κ2) is 9.11. The molecule has 0 spiro atoms. The molecule has 0 aliphatic rings. The third kappa shape index (κ3) is 6.05. The Balaban J connectivity index is 1.92. The molecule has 8 nitrogen and oxygen atoms in total. The van der Waals surface area contributed by atoms with Gasteiger partial charge in [-0.1, -0.05) is 23.2 Å². The predicted molar refractivity (Wildman–Crippen MR) is 101 cm³/mol. The van der Waals surface area contributed by atoms with Crippen LogP contribution in [0.25, 0.3) is 6.08 Å². The number of ether oxygens (including phenoxy) is 1. The van der Waals surface area contributed by atoms with E-state index in [-0.39, 0.29) is 16.5 Å². The Kier molecular flexibility index (Phi) is 6.86. The van der Waals surface area contributed by atoms with Gasteiger partial charge in [-0.15, -0.1) is 0 Å². The minimum Gasteiger partial charge on any atom is -0.449 e. The largest absolute Gasteiger partial charge is 0.449 e. The Morgan fingerprint density at radius 1 is 1.30 bits per heavy atom. The van der Waals surface area contributed by atoms with Gasteiger partial charge >= 0.3 is 5.97 Å². The highest BCUT2D eigenvalue weighted by atomic mass is 35.5. The molecule has 140 valence electrons. The lowest BCUT2D eigenvalue weighted by molar-refractivity contribution is -0.384. The van der Waals surface area contributed by atoms with Crippen LogP contribution in [0.5, 0.6) is 0 Å². The Hall–Kier alpha value is -2.97. The first-order valence-electron chi connectivity index (χ1n) is 7.51. The number of non-ortho nitro benzene ring substituents is 1. The highest BCUT2D eigenvalue weighted by Gasteiger charge is 2.18. The molecular weight excluding hydrogens is 397 g/mol. The van der Waals surface area contributed by atoms with Crippen LogP contribution in [0.2, 0.25) is 10.0 Å². The van der Waals surface area contributed by atoms with Gasteiger partial charge in [-0.3, -0.25) is 14.9 Å². The maximum Gasteiger partial charge on any atom is 0.331 e. The van der Waals surface area contributed by atoms with E-state index in [1.807, 2.05) is 0 Å². The molecule has 27 heavy (non-hydrogen) atoms. The summed E-state index contributed by atoms with van der Waals surface area (Å²) in [7, 11) is 0. The van der Waals surface area contributed by atoms with Crippen LogP contribution >= 0.6 is 23.2 Å². The Labute approximate surface area is 163 Å². The summed E-state index contributed by atoms with van der Waals surface area (Å²) >= 11 is 11.6. The van der Waals surface area contributed by atoms with Crippen LogP contribution in [0.15, 0.2) is 42.6 Å². The number of anilines is 1. The number of carbonyl (C=O) groups excluding carboxylic acids is 2. The average Bonchev–Trinajstić information content (AvgIpc) is 2.62. The van der Waals surface area contributed by atoms with Crippen LogP contribution < -0.4 is 5.32 Å². The van der Waals surface area contributed by atoms with Crippen molar-refractivity contribution in [2.24, 2.45) is 0 Å². The van der Waals surface area contributed by atoms with Crippen molar-refractivity contribution in [3.63, 3.8) is 0 Å². The monoisotopic (exact) mass is 409 g/mol. The maximum atomic E-state index is 12.1. The zero-order valence-corrected chi connectivity index (χ0v) is 15.4. The quantitative estimate of drug-likeness (QED) is 0.335. The molecule has 0 unspecified atom stereocenters. The molecule has 1 heterocycles. The first kappa shape index (κ1) is 20.3. The molecule has 1 aromatic carbocycles. The second-order valence-electron chi connectivity index (χ2n) is 5.23. The van der Waals surface area contributed by atoms with E-state index in [2.05, 4.69) is 10.3 Å². The number of pyridine rings is 1. The van der Waals surface area contributed by atoms with Gasteiger partial charge in [0.2, 0.25) is 0 Å². The van der Waals surface area contributed by atoms with E-state index in [9.17, 15) is 19.7 Å². The second-order valence-corrected chi connectivity index (χ2v) is 6.08. The first-order valence-corrected chi connectivity index (χ1v) is 8.27. The Bertz CT molecular complexity index is 900. The third-order valence-corrected chi connectivity index (χ3v) is 3.72. The Morgan fingerprint density at radius 3 is 2.56 bits per heavy atom. The standard InChI is InChI=1S/C17H13Cl2N3O5/c1-10(17(24)21-16-14(19)8-12(18)9-20-16)27-15(23)7-4-11-2-5-13(6-3-11)22(25)26/h2-10H,1H3,(H,20,21,24)/b7-4+/t10-/m1/s1. The number of nitrogens with zero attached hydrogens (tertiary/aromatic N) is 2. The molecule has 1 N–H and O–H groups in total. The minimum atomic E-state index is -1.10. The fourth-order valence-electron chi connectivity index (χ4n) is 1.86. The van der Waals surface area contributed by atoms with Crippen molar-refractivity contribution in [3.8, 4) is 0 Å². The van der Waals surface area contributed by atoms with E-state index in [1.54, 1.807) is 0 Å². The molecule has 0 aliphatic carbocycles.